The fourth-order valence-corrected chi connectivity index (χ4v) is 1.78. The standard InChI is InChI=1S/C8H9NO4S/c1-13-14(11,12)8-5-3-2-4-7(8)9-6-10/h2-6H,1H3,(H,9,10). The molecule has 0 heterocycles. The molecule has 0 radical (unpaired) electrons. The first kappa shape index (κ1) is 10.7. The largest absolute Gasteiger partial charge is 0.327 e. The molecule has 0 saturated heterocycles. The van der Waals surface area contributed by atoms with Crippen molar-refractivity contribution in [2.24, 2.45) is 0 Å². The number of carbonyl (C=O) groups excluding carboxylic acids is 1. The first-order chi connectivity index (χ1) is 6.61. The van der Waals surface area contributed by atoms with E-state index in [2.05, 4.69) is 9.50 Å². The first-order valence-corrected chi connectivity index (χ1v) is 5.12. The van der Waals surface area contributed by atoms with Crippen molar-refractivity contribution in [3.05, 3.63) is 24.3 Å². The summed E-state index contributed by atoms with van der Waals surface area (Å²) < 4.78 is 27.0. The van der Waals surface area contributed by atoms with Crippen LogP contribution in [0, 0.1) is 0 Å². The summed E-state index contributed by atoms with van der Waals surface area (Å²) in [4.78, 5) is 10.1. The molecule has 0 aliphatic rings. The predicted octanol–water partition coefficient (Wildman–Crippen LogP) is 0.590. The Kier molecular flexibility index (Phi) is 3.21. The topological polar surface area (TPSA) is 72.5 Å². The molecule has 6 heteroatoms. The molecule has 5 nitrogen and oxygen atoms in total. The maximum absolute atomic E-state index is 11.3. The third kappa shape index (κ3) is 2.09. The molecule has 0 aliphatic carbocycles. The monoisotopic (exact) mass is 215 g/mol. The molecule has 1 aromatic carbocycles. The molecule has 1 rings (SSSR count). The van der Waals surface area contributed by atoms with Gasteiger partial charge in [0.25, 0.3) is 10.1 Å². The lowest BCUT2D eigenvalue weighted by Gasteiger charge is -2.06. The van der Waals surface area contributed by atoms with Crippen molar-refractivity contribution in [1.82, 2.24) is 0 Å². The van der Waals surface area contributed by atoms with E-state index in [9.17, 15) is 13.2 Å². The summed E-state index contributed by atoms with van der Waals surface area (Å²) in [6.07, 6.45) is 0.407. The Morgan fingerprint density at radius 2 is 2.00 bits per heavy atom. The molecule has 0 saturated carbocycles. The Morgan fingerprint density at radius 3 is 2.57 bits per heavy atom. The van der Waals surface area contributed by atoms with Gasteiger partial charge in [-0.2, -0.15) is 8.42 Å². The van der Waals surface area contributed by atoms with E-state index in [1.54, 1.807) is 12.1 Å². The zero-order valence-electron chi connectivity index (χ0n) is 7.43. The molecule has 0 atom stereocenters. The Balaban J connectivity index is 3.26. The van der Waals surface area contributed by atoms with Crippen molar-refractivity contribution >= 4 is 22.2 Å². The number of amides is 1. The fraction of sp³-hybridized carbons (Fsp3) is 0.125. The van der Waals surface area contributed by atoms with Crippen LogP contribution in [0.5, 0.6) is 0 Å². The quantitative estimate of drug-likeness (QED) is 0.589. The Hall–Kier alpha value is -1.40. The smallest absolute Gasteiger partial charge is 0.298 e. The van der Waals surface area contributed by atoms with Crippen molar-refractivity contribution in [1.29, 1.82) is 0 Å². The van der Waals surface area contributed by atoms with Gasteiger partial charge in [0.15, 0.2) is 0 Å². The highest BCUT2D eigenvalue weighted by Crippen LogP contribution is 2.21. The molecule has 14 heavy (non-hydrogen) atoms. The van der Waals surface area contributed by atoms with Crippen LogP contribution >= 0.6 is 0 Å². The summed E-state index contributed by atoms with van der Waals surface area (Å²) in [7, 11) is -2.71. The van der Waals surface area contributed by atoms with Crippen LogP contribution in [0.1, 0.15) is 0 Å². The zero-order valence-corrected chi connectivity index (χ0v) is 8.24. The Morgan fingerprint density at radius 1 is 1.36 bits per heavy atom. The summed E-state index contributed by atoms with van der Waals surface area (Å²) in [5, 5.41) is 2.28. The highest BCUT2D eigenvalue weighted by molar-refractivity contribution is 7.87. The van der Waals surface area contributed by atoms with Crippen LogP contribution in [0.25, 0.3) is 0 Å². The highest BCUT2D eigenvalue weighted by atomic mass is 32.2. The maximum atomic E-state index is 11.3. The fourth-order valence-electron chi connectivity index (χ4n) is 0.957. The lowest BCUT2D eigenvalue weighted by Crippen LogP contribution is -2.07. The van der Waals surface area contributed by atoms with Crippen molar-refractivity contribution in [2.45, 2.75) is 4.90 Å². The van der Waals surface area contributed by atoms with Gasteiger partial charge in [-0.05, 0) is 12.1 Å². The molecule has 0 aliphatic heterocycles. The normalized spacial score (nSPS) is 10.9. The SMILES string of the molecule is COS(=O)(=O)c1ccccc1NC=O. The van der Waals surface area contributed by atoms with Crippen LogP contribution in [0.2, 0.25) is 0 Å². The minimum atomic E-state index is -3.77. The van der Waals surface area contributed by atoms with E-state index in [4.69, 9.17) is 0 Å². The van der Waals surface area contributed by atoms with Gasteiger partial charge in [-0.1, -0.05) is 12.1 Å². The lowest BCUT2D eigenvalue weighted by atomic mass is 10.3. The summed E-state index contributed by atoms with van der Waals surface area (Å²) in [5.74, 6) is 0. The zero-order chi connectivity index (χ0) is 10.6. The third-order valence-corrected chi connectivity index (χ3v) is 2.92. The van der Waals surface area contributed by atoms with Crippen LogP contribution in [-0.2, 0) is 19.1 Å². The lowest BCUT2D eigenvalue weighted by molar-refractivity contribution is -0.105. The Bertz CT molecular complexity index is 427. The van der Waals surface area contributed by atoms with Crippen molar-refractivity contribution in [2.75, 3.05) is 12.4 Å². The second kappa shape index (κ2) is 4.21. The molecule has 0 spiro atoms. The minimum absolute atomic E-state index is 0.0606. The number of hydrogen-bond donors (Lipinski definition) is 1. The van der Waals surface area contributed by atoms with Gasteiger partial charge < -0.3 is 5.32 Å². The average Bonchev–Trinajstić information content (AvgIpc) is 2.19. The van der Waals surface area contributed by atoms with E-state index in [0.29, 0.717) is 6.41 Å². The molecule has 1 aromatic rings. The van der Waals surface area contributed by atoms with Gasteiger partial charge in [0, 0.05) is 0 Å². The highest BCUT2D eigenvalue weighted by Gasteiger charge is 2.16. The van der Waals surface area contributed by atoms with Crippen LogP contribution in [0.4, 0.5) is 5.69 Å². The number of rotatable bonds is 4. The van der Waals surface area contributed by atoms with Gasteiger partial charge >= 0.3 is 0 Å². The van der Waals surface area contributed by atoms with Crippen LogP contribution in [0.15, 0.2) is 29.2 Å². The van der Waals surface area contributed by atoms with Gasteiger partial charge in [0.2, 0.25) is 6.41 Å². The number of nitrogens with one attached hydrogen (secondary N) is 1. The molecule has 76 valence electrons. The van der Waals surface area contributed by atoms with Crippen LogP contribution in [0.3, 0.4) is 0 Å². The van der Waals surface area contributed by atoms with E-state index in [1.165, 1.54) is 12.1 Å². The van der Waals surface area contributed by atoms with E-state index >= 15 is 0 Å². The van der Waals surface area contributed by atoms with Gasteiger partial charge in [-0.3, -0.25) is 8.98 Å². The molecular weight excluding hydrogens is 206 g/mol. The van der Waals surface area contributed by atoms with Gasteiger partial charge in [-0.25, -0.2) is 0 Å². The number of anilines is 1. The molecule has 0 bridgehead atoms. The van der Waals surface area contributed by atoms with Gasteiger partial charge in [-0.15, -0.1) is 0 Å². The van der Waals surface area contributed by atoms with Crippen molar-refractivity contribution in [3.63, 3.8) is 0 Å². The molecule has 0 unspecified atom stereocenters. The van der Waals surface area contributed by atoms with E-state index in [1.807, 2.05) is 0 Å². The average molecular weight is 215 g/mol. The second-order valence-corrected chi connectivity index (χ2v) is 4.06. The second-order valence-electron chi connectivity index (χ2n) is 2.38. The number of carbonyl (C=O) groups is 1. The maximum Gasteiger partial charge on any atom is 0.298 e. The van der Waals surface area contributed by atoms with E-state index in [-0.39, 0.29) is 10.6 Å². The molecule has 0 fully saturated rings. The summed E-state index contributed by atoms with van der Waals surface area (Å²) >= 11 is 0. The van der Waals surface area contributed by atoms with Gasteiger partial charge in [0.1, 0.15) is 4.90 Å². The minimum Gasteiger partial charge on any atom is -0.327 e. The molecular formula is C8H9NO4S. The van der Waals surface area contributed by atoms with E-state index in [0.717, 1.165) is 7.11 Å². The Labute approximate surface area is 81.8 Å². The summed E-state index contributed by atoms with van der Waals surface area (Å²) in [6.45, 7) is 0. The van der Waals surface area contributed by atoms with Crippen molar-refractivity contribution < 1.29 is 17.4 Å². The van der Waals surface area contributed by atoms with Crippen LogP contribution in [-0.4, -0.2) is 21.9 Å². The predicted molar refractivity (Wildman–Crippen MR) is 50.3 cm³/mol. The summed E-state index contributed by atoms with van der Waals surface area (Å²) in [6, 6.07) is 5.98. The molecule has 0 aromatic heterocycles. The van der Waals surface area contributed by atoms with E-state index < -0.39 is 10.1 Å². The number of benzene rings is 1. The van der Waals surface area contributed by atoms with Gasteiger partial charge in [0.05, 0.1) is 12.8 Å². The first-order valence-electron chi connectivity index (χ1n) is 3.71. The number of para-hydroxylation sites is 1. The third-order valence-electron chi connectivity index (χ3n) is 1.59. The van der Waals surface area contributed by atoms with Crippen LogP contribution < -0.4 is 5.32 Å². The molecule has 1 amide bonds. The summed E-state index contributed by atoms with van der Waals surface area (Å²) in [5.41, 5.74) is 0.198. The van der Waals surface area contributed by atoms with Crippen molar-refractivity contribution in [3.8, 4) is 0 Å². The number of hydrogen-bond acceptors (Lipinski definition) is 4. The molecule has 1 N–H and O–H groups in total.